The van der Waals surface area contributed by atoms with Crippen molar-refractivity contribution < 1.29 is 17.9 Å². The van der Waals surface area contributed by atoms with Crippen LogP contribution in [0.3, 0.4) is 0 Å². The highest BCUT2D eigenvalue weighted by Crippen LogP contribution is 2.33. The summed E-state index contributed by atoms with van der Waals surface area (Å²) in [5.74, 6) is 0.484. The molecule has 116 valence electrons. The van der Waals surface area contributed by atoms with Gasteiger partial charge in [0.05, 0.1) is 5.69 Å². The summed E-state index contributed by atoms with van der Waals surface area (Å²) in [6, 6.07) is 5.26. The zero-order valence-electron chi connectivity index (χ0n) is 12.5. The fourth-order valence-electron chi connectivity index (χ4n) is 1.97. The first-order valence-electron chi connectivity index (χ1n) is 6.46. The Balaban J connectivity index is 2.20. The lowest BCUT2D eigenvalue weighted by Gasteiger charge is -2.30. The maximum Gasteiger partial charge on any atom is 0.279 e. The van der Waals surface area contributed by atoms with Crippen molar-refractivity contribution >= 4 is 21.8 Å². The zero-order valence-corrected chi connectivity index (χ0v) is 13.3. The molecule has 0 aromatic heterocycles. The van der Waals surface area contributed by atoms with Crippen molar-refractivity contribution in [3.8, 4) is 5.75 Å². The van der Waals surface area contributed by atoms with Crippen LogP contribution >= 0.6 is 0 Å². The molecule has 1 aliphatic rings. The SMILES string of the molecule is CC1Oc2ccc(CNS(=O)(=O)N(C)C)cc2N(C)C1=O. The van der Waals surface area contributed by atoms with Gasteiger partial charge >= 0.3 is 0 Å². The van der Waals surface area contributed by atoms with E-state index < -0.39 is 16.3 Å². The first-order valence-corrected chi connectivity index (χ1v) is 7.90. The summed E-state index contributed by atoms with van der Waals surface area (Å²) in [6.45, 7) is 1.84. The minimum atomic E-state index is -3.48. The predicted octanol–water partition coefficient (Wildman–Crippen LogP) is 0.326. The molecule has 0 bridgehead atoms. The van der Waals surface area contributed by atoms with Crippen LogP contribution in [0.1, 0.15) is 12.5 Å². The second kappa shape index (κ2) is 5.63. The fraction of sp³-hybridized carbons (Fsp3) is 0.462. The van der Waals surface area contributed by atoms with Crippen molar-refractivity contribution in [1.29, 1.82) is 0 Å². The Morgan fingerprint density at radius 3 is 2.67 bits per heavy atom. The first kappa shape index (κ1) is 15.7. The van der Waals surface area contributed by atoms with E-state index in [1.54, 1.807) is 32.2 Å². The summed E-state index contributed by atoms with van der Waals surface area (Å²) < 4.78 is 32.4. The summed E-state index contributed by atoms with van der Waals surface area (Å²) in [4.78, 5) is 13.4. The topological polar surface area (TPSA) is 79.0 Å². The molecule has 0 radical (unpaired) electrons. The molecule has 1 amide bonds. The van der Waals surface area contributed by atoms with Crippen molar-refractivity contribution in [1.82, 2.24) is 9.03 Å². The number of nitrogens with zero attached hydrogens (tertiary/aromatic N) is 2. The molecular weight excluding hydrogens is 294 g/mol. The van der Waals surface area contributed by atoms with Gasteiger partial charge in [0.1, 0.15) is 5.75 Å². The van der Waals surface area contributed by atoms with Crippen LogP contribution in [0.25, 0.3) is 0 Å². The number of amides is 1. The molecule has 2 rings (SSSR count). The Morgan fingerprint density at radius 1 is 1.38 bits per heavy atom. The van der Waals surface area contributed by atoms with Crippen molar-refractivity contribution in [2.45, 2.75) is 19.6 Å². The van der Waals surface area contributed by atoms with E-state index in [1.165, 1.54) is 19.0 Å². The number of hydrogen-bond acceptors (Lipinski definition) is 4. The van der Waals surface area contributed by atoms with Gasteiger partial charge in [0.2, 0.25) is 0 Å². The molecular formula is C13H19N3O4S. The number of nitrogens with one attached hydrogen (secondary N) is 1. The van der Waals surface area contributed by atoms with E-state index in [0.29, 0.717) is 11.4 Å². The molecule has 1 heterocycles. The Kier molecular flexibility index (Phi) is 4.22. The van der Waals surface area contributed by atoms with E-state index in [-0.39, 0.29) is 12.5 Å². The number of anilines is 1. The third-order valence-corrected chi connectivity index (χ3v) is 4.78. The highest BCUT2D eigenvalue weighted by Gasteiger charge is 2.28. The minimum Gasteiger partial charge on any atom is -0.479 e. The molecule has 0 saturated heterocycles. The number of carbonyl (C=O) groups is 1. The van der Waals surface area contributed by atoms with Crippen LogP contribution in [0.5, 0.6) is 5.75 Å². The molecule has 8 heteroatoms. The van der Waals surface area contributed by atoms with Crippen LogP contribution in [0.15, 0.2) is 18.2 Å². The van der Waals surface area contributed by atoms with Gasteiger partial charge in [-0.25, -0.2) is 0 Å². The lowest BCUT2D eigenvalue weighted by molar-refractivity contribution is -0.125. The van der Waals surface area contributed by atoms with Crippen LogP contribution in [-0.4, -0.2) is 45.9 Å². The predicted molar refractivity (Wildman–Crippen MR) is 79.4 cm³/mol. The second-order valence-corrected chi connectivity index (χ2v) is 7.04. The number of fused-ring (bicyclic) bond motifs is 1. The summed E-state index contributed by atoms with van der Waals surface area (Å²) in [7, 11) is 1.11. The van der Waals surface area contributed by atoms with Gasteiger partial charge in [-0.1, -0.05) is 6.07 Å². The summed E-state index contributed by atoms with van der Waals surface area (Å²) in [5.41, 5.74) is 1.39. The Labute approximate surface area is 124 Å². The lowest BCUT2D eigenvalue weighted by atomic mass is 10.1. The molecule has 1 aliphatic heterocycles. The van der Waals surface area contributed by atoms with Gasteiger partial charge in [-0.3, -0.25) is 4.79 Å². The highest BCUT2D eigenvalue weighted by atomic mass is 32.2. The number of ether oxygens (including phenoxy) is 1. The second-order valence-electron chi connectivity index (χ2n) is 5.07. The quantitative estimate of drug-likeness (QED) is 0.868. The van der Waals surface area contributed by atoms with E-state index in [9.17, 15) is 13.2 Å². The summed E-state index contributed by atoms with van der Waals surface area (Å²) in [5, 5.41) is 0. The number of hydrogen-bond donors (Lipinski definition) is 1. The summed E-state index contributed by atoms with van der Waals surface area (Å²) in [6.07, 6.45) is -0.513. The molecule has 7 nitrogen and oxygen atoms in total. The molecule has 1 aromatic rings. The Bertz CT molecular complexity index is 657. The van der Waals surface area contributed by atoms with Gasteiger partial charge in [-0.15, -0.1) is 0 Å². The molecule has 0 aliphatic carbocycles. The van der Waals surface area contributed by atoms with Crippen molar-refractivity contribution in [2.24, 2.45) is 0 Å². The van der Waals surface area contributed by atoms with Crippen molar-refractivity contribution in [2.75, 3.05) is 26.0 Å². The molecule has 1 atom stereocenters. The average Bonchev–Trinajstić information content (AvgIpc) is 2.43. The first-order chi connectivity index (χ1) is 9.72. The maximum absolute atomic E-state index is 11.9. The number of benzene rings is 1. The van der Waals surface area contributed by atoms with Gasteiger partial charge in [0.15, 0.2) is 6.10 Å². The maximum atomic E-state index is 11.9. The minimum absolute atomic E-state index is 0.131. The Hall–Kier alpha value is -1.64. The monoisotopic (exact) mass is 313 g/mol. The number of rotatable bonds is 4. The molecule has 0 spiro atoms. The van der Waals surface area contributed by atoms with E-state index >= 15 is 0 Å². The van der Waals surface area contributed by atoms with E-state index in [0.717, 1.165) is 9.87 Å². The van der Waals surface area contributed by atoms with Crippen molar-refractivity contribution in [3.05, 3.63) is 23.8 Å². The normalized spacial score (nSPS) is 18.6. The van der Waals surface area contributed by atoms with Crippen LogP contribution < -0.4 is 14.4 Å². The van der Waals surface area contributed by atoms with E-state index in [4.69, 9.17) is 4.74 Å². The van der Waals surface area contributed by atoms with Crippen molar-refractivity contribution in [3.63, 3.8) is 0 Å². The molecule has 1 N–H and O–H groups in total. The van der Waals surface area contributed by atoms with E-state index in [1.807, 2.05) is 0 Å². The molecule has 1 unspecified atom stereocenters. The van der Waals surface area contributed by atoms with Crippen LogP contribution in [-0.2, 0) is 21.5 Å². The van der Waals surface area contributed by atoms with Gasteiger partial charge < -0.3 is 9.64 Å². The van der Waals surface area contributed by atoms with Crippen LogP contribution in [0.2, 0.25) is 0 Å². The van der Waals surface area contributed by atoms with Crippen LogP contribution in [0, 0.1) is 0 Å². The summed E-state index contributed by atoms with van der Waals surface area (Å²) >= 11 is 0. The van der Waals surface area contributed by atoms with Gasteiger partial charge in [0.25, 0.3) is 16.1 Å². The van der Waals surface area contributed by atoms with Crippen LogP contribution in [0.4, 0.5) is 5.69 Å². The van der Waals surface area contributed by atoms with E-state index in [2.05, 4.69) is 4.72 Å². The number of likely N-dealkylation sites (N-methyl/N-ethyl adjacent to an activating group) is 1. The van der Waals surface area contributed by atoms with Gasteiger partial charge in [-0.05, 0) is 24.6 Å². The molecule has 0 saturated carbocycles. The molecule has 21 heavy (non-hydrogen) atoms. The molecule has 0 fully saturated rings. The smallest absolute Gasteiger partial charge is 0.279 e. The van der Waals surface area contributed by atoms with Gasteiger partial charge in [0, 0.05) is 27.7 Å². The zero-order chi connectivity index (χ0) is 15.8. The number of carbonyl (C=O) groups excluding carboxylic acids is 1. The average molecular weight is 313 g/mol. The fourth-order valence-corrected chi connectivity index (χ4v) is 2.58. The standard InChI is InChI=1S/C13H19N3O4S/c1-9-13(17)16(4)11-7-10(5-6-12(11)20-9)8-14-21(18,19)15(2)3/h5-7,9,14H,8H2,1-4H3. The lowest BCUT2D eigenvalue weighted by Crippen LogP contribution is -2.42. The highest BCUT2D eigenvalue weighted by molar-refractivity contribution is 7.87. The largest absolute Gasteiger partial charge is 0.479 e. The Morgan fingerprint density at radius 2 is 2.05 bits per heavy atom. The third-order valence-electron chi connectivity index (χ3n) is 3.31. The molecule has 1 aromatic carbocycles. The van der Waals surface area contributed by atoms with Gasteiger partial charge in [-0.2, -0.15) is 17.4 Å². The third kappa shape index (κ3) is 3.17.